The first-order chi connectivity index (χ1) is 42.1. The molecular formula is C55H33NO2. The number of para-hydroxylation sites is 1. The third kappa shape index (κ3) is 4.07. The van der Waals surface area contributed by atoms with E-state index in [4.69, 9.17) is 25.3 Å². The molecule has 13 rings (SSSR count). The van der Waals surface area contributed by atoms with Gasteiger partial charge in [0.2, 0.25) is 0 Å². The minimum atomic E-state index is -2.94. The Morgan fingerprint density at radius 1 is 0.379 bits per heavy atom. The average molecular weight is 772 g/mol. The second kappa shape index (κ2) is 11.7. The topological polar surface area (TPSA) is 29.5 Å². The van der Waals surface area contributed by atoms with Crippen LogP contribution in [0.3, 0.4) is 0 Å². The number of nitrogens with zero attached hydrogens (tertiary/aromatic N) is 1. The van der Waals surface area contributed by atoms with Gasteiger partial charge in [0.25, 0.3) is 0 Å². The molecule has 2 aromatic heterocycles. The van der Waals surface area contributed by atoms with Gasteiger partial charge in [0.1, 0.15) is 22.3 Å². The first-order valence-corrected chi connectivity index (χ1v) is 17.3. The summed E-state index contributed by atoms with van der Waals surface area (Å²) in [5.74, 6) is 0. The van der Waals surface area contributed by atoms with Crippen LogP contribution < -0.4 is 4.90 Å². The lowest BCUT2D eigenvalue weighted by Gasteiger charge is -2.32. The molecule has 9 aromatic carbocycles. The maximum Gasteiger partial charge on any atom is 0.137 e. The molecule has 0 amide bonds. The minimum Gasteiger partial charge on any atom is -0.456 e. The third-order valence-electron chi connectivity index (χ3n) is 10.4. The highest BCUT2D eigenvalue weighted by atomic mass is 16.3. The summed E-state index contributed by atoms with van der Waals surface area (Å²) in [6.07, 6.45) is 0. The Kier molecular flexibility index (Phi) is 2.78. The highest BCUT2D eigenvalue weighted by Crippen LogP contribution is 2.65. The Hall–Kier alpha value is -7.62. The smallest absolute Gasteiger partial charge is 0.137 e. The molecule has 2 aliphatic carbocycles. The van der Waals surface area contributed by atoms with Gasteiger partial charge in [-0.05, 0) is 98.4 Å². The summed E-state index contributed by atoms with van der Waals surface area (Å²) in [6.45, 7) is 0. The van der Waals surface area contributed by atoms with Crippen molar-refractivity contribution in [3.8, 4) is 33.4 Å². The minimum absolute atomic E-state index is 0.393. The number of benzene rings is 9. The Morgan fingerprint density at radius 2 is 0.931 bits per heavy atom. The van der Waals surface area contributed by atoms with Gasteiger partial charge in [-0.25, -0.2) is 0 Å². The number of fused-ring (bicyclic) bond motifs is 16. The molecule has 1 atom stereocenters. The van der Waals surface area contributed by atoms with E-state index in [1.54, 1.807) is 0 Å². The molecule has 0 saturated heterocycles. The van der Waals surface area contributed by atoms with E-state index in [1.165, 1.54) is 0 Å². The summed E-state index contributed by atoms with van der Waals surface area (Å²) in [5, 5.41) is -3.06. The molecule has 3 heteroatoms. The van der Waals surface area contributed by atoms with Crippen LogP contribution in [0.5, 0.6) is 0 Å². The number of furan rings is 2. The summed E-state index contributed by atoms with van der Waals surface area (Å²) in [5.41, 5.74) is -16.5. The highest BCUT2D eigenvalue weighted by Gasteiger charge is 2.52. The quantitative estimate of drug-likeness (QED) is 0.178. The molecule has 11 aromatic rings. The Bertz CT molecular complexity index is 5330. The Labute approximate surface area is 379 Å². The number of hydrogen-bond donors (Lipinski definition) is 0. The van der Waals surface area contributed by atoms with Gasteiger partial charge in [0, 0.05) is 16.3 Å². The lowest BCUT2D eigenvalue weighted by molar-refractivity contribution is 0.669. The van der Waals surface area contributed by atoms with E-state index in [0.717, 1.165) is 6.07 Å². The highest BCUT2D eigenvalue weighted by molar-refractivity contribution is 6.19. The van der Waals surface area contributed by atoms with E-state index in [2.05, 4.69) is 0 Å². The zero-order chi connectivity index (χ0) is 65.8. The maximum absolute atomic E-state index is 10.3. The monoisotopic (exact) mass is 771 g/mol. The van der Waals surface area contributed by atoms with E-state index < -0.39 is 315 Å². The third-order valence-corrected chi connectivity index (χ3v) is 10.4. The van der Waals surface area contributed by atoms with E-state index in [9.17, 15) is 27.4 Å². The summed E-state index contributed by atoms with van der Waals surface area (Å²) in [7, 11) is 0. The van der Waals surface area contributed by atoms with Crippen LogP contribution in [0.1, 0.15) is 66.1 Å². The predicted molar refractivity (Wildman–Crippen MR) is 237 cm³/mol. The fraction of sp³-hybridized carbons (Fsp3) is 0.0182. The van der Waals surface area contributed by atoms with Crippen LogP contribution in [0.4, 0.5) is 17.1 Å². The van der Waals surface area contributed by atoms with Crippen LogP contribution in [0, 0.1) is 0 Å². The molecule has 0 saturated carbocycles. The first-order valence-electron chi connectivity index (χ1n) is 33.3. The predicted octanol–water partition coefficient (Wildman–Crippen LogP) is 15.0. The van der Waals surface area contributed by atoms with Gasteiger partial charge in [-0.2, -0.15) is 0 Å². The van der Waals surface area contributed by atoms with Crippen molar-refractivity contribution >= 4 is 60.9 Å². The second-order valence-electron chi connectivity index (χ2n) is 13.1. The van der Waals surface area contributed by atoms with Crippen molar-refractivity contribution in [3.05, 3.63) is 222 Å². The van der Waals surface area contributed by atoms with Crippen molar-refractivity contribution in [1.29, 1.82) is 0 Å². The molecular weight excluding hydrogens is 707 g/mol. The molecule has 1 unspecified atom stereocenters. The zero-order valence-corrected chi connectivity index (χ0v) is 28.8. The van der Waals surface area contributed by atoms with Gasteiger partial charge in [-0.15, -0.1) is 0 Å². The summed E-state index contributed by atoms with van der Waals surface area (Å²) < 4.78 is 311. The lowest BCUT2D eigenvalue weighted by Crippen LogP contribution is -2.26. The summed E-state index contributed by atoms with van der Waals surface area (Å²) in [4.78, 5) is 0.571. The maximum atomic E-state index is 10.3. The van der Waals surface area contributed by atoms with Crippen molar-refractivity contribution in [2.75, 3.05) is 4.90 Å². The molecule has 270 valence electrons. The zero-order valence-electron chi connectivity index (χ0n) is 60.8. The van der Waals surface area contributed by atoms with Crippen molar-refractivity contribution in [2.45, 2.75) is 5.41 Å². The molecule has 0 radical (unpaired) electrons. The van der Waals surface area contributed by atoms with Crippen LogP contribution in [-0.2, 0) is 5.41 Å². The molecule has 2 aliphatic rings. The van der Waals surface area contributed by atoms with Gasteiger partial charge >= 0.3 is 0 Å². The van der Waals surface area contributed by atoms with Gasteiger partial charge in [-0.1, -0.05) is 151 Å². The molecule has 0 fully saturated rings. The Balaban J connectivity index is 1.38. The van der Waals surface area contributed by atoms with Crippen molar-refractivity contribution in [2.24, 2.45) is 0 Å². The van der Waals surface area contributed by atoms with Crippen molar-refractivity contribution < 1.29 is 52.7 Å². The molecule has 0 bridgehead atoms. The van der Waals surface area contributed by atoms with E-state index in [-0.39, 0.29) is 0 Å². The molecule has 1 spiro atoms. The van der Waals surface area contributed by atoms with Crippen molar-refractivity contribution in [3.63, 3.8) is 0 Å². The van der Waals surface area contributed by atoms with Crippen LogP contribution >= 0.6 is 0 Å². The molecule has 3 nitrogen and oxygen atoms in total. The van der Waals surface area contributed by atoms with Gasteiger partial charge in [0.05, 0.1) is 77.1 Å². The molecule has 0 aliphatic heterocycles. The van der Waals surface area contributed by atoms with Crippen LogP contribution in [0.25, 0.3) is 77.3 Å². The van der Waals surface area contributed by atoms with Crippen molar-refractivity contribution in [1.82, 2.24) is 0 Å². The largest absolute Gasteiger partial charge is 0.456 e. The lowest BCUT2D eigenvalue weighted by atomic mass is 9.70. The summed E-state index contributed by atoms with van der Waals surface area (Å²) >= 11 is 0. The fourth-order valence-corrected chi connectivity index (χ4v) is 8.21. The van der Waals surface area contributed by atoms with Gasteiger partial charge in [0.15, 0.2) is 0 Å². The fourth-order valence-electron chi connectivity index (χ4n) is 8.21. The van der Waals surface area contributed by atoms with Gasteiger partial charge in [-0.3, -0.25) is 0 Å². The van der Waals surface area contributed by atoms with Crippen LogP contribution in [-0.4, -0.2) is 0 Å². The summed E-state index contributed by atoms with van der Waals surface area (Å²) in [6, 6.07) is -31.5. The number of rotatable bonds is 4. The number of anilines is 3. The normalized spacial score (nSPS) is 22.7. The van der Waals surface area contributed by atoms with E-state index >= 15 is 0 Å². The SMILES string of the molecule is [2H]c1cc2c(c([2H])c1[2H])C1(c3c([2H])c([2H])c([2H])c([2H])c3-2)c2c([2H])c([2H])c([2H])c([2H])c2-c2c(N(c3c([2H])c([2H])c([2H])c4oc5c([2H])c([2H])c([2H])c([2H])c5c34)c3c([2H])c([2H])c([2H])c4oc5c([2H])c([2H])c(-c6c([2H])c([2H])c([2H])c([2H])c6[2H])c([2H])c5c34)c([2H])c([2H])c([2H])c21. The van der Waals surface area contributed by atoms with Crippen LogP contribution in [0.15, 0.2) is 208 Å². The van der Waals surface area contributed by atoms with E-state index in [0.29, 0.717) is 4.90 Å². The second-order valence-corrected chi connectivity index (χ2v) is 13.1. The number of hydrogen-bond acceptors (Lipinski definition) is 3. The first kappa shape index (κ1) is 13.8. The molecule has 0 N–H and O–H groups in total. The standard InChI is InChI=1S/C55H33NO2/c1-2-15-34(16-3-1)35-31-32-49-40(33-35)54-47(27-14-30-51(54)58-49)56(46-26-13-29-50-53(46)39-20-7-11-28-48(39)57-50)45-25-12-24-44-52(45)38-19-6-10-23-43(38)55(44)41-21-8-4-17-36(41)37-18-5-9-22-42(37)55/h1-33H/i1D,2D,3D,4D,5D,6D,7D,8D,9D,10D,11D,12D,13D,14D,15D,16D,17D,19D,20D,21D,22D,23D,24D,25D,26D,27D,28D,29D,30D,31D,32D,33D. The molecule has 58 heavy (non-hydrogen) atoms. The Morgan fingerprint density at radius 3 is 1.72 bits per heavy atom. The molecule has 2 heterocycles. The van der Waals surface area contributed by atoms with E-state index in [1.807, 2.05) is 0 Å². The van der Waals surface area contributed by atoms with Gasteiger partial charge < -0.3 is 13.7 Å². The van der Waals surface area contributed by atoms with Crippen LogP contribution in [0.2, 0.25) is 0 Å². The average Bonchev–Trinajstić information content (AvgIpc) is 1.47.